The first-order chi connectivity index (χ1) is 3.42. The molecule has 0 aliphatic heterocycles. The molecule has 0 heterocycles. The third kappa shape index (κ3) is 6.34. The van der Waals surface area contributed by atoms with Crippen LogP contribution in [0, 0.1) is 5.41 Å². The molecular weight excluding hydrogens is 172 g/mol. The molecule has 0 aliphatic rings. The summed E-state index contributed by atoms with van der Waals surface area (Å²) in [6.45, 7) is 0. The maximum Gasteiger partial charge on any atom is 0.194 e. The minimum atomic E-state index is -1.60. The molecule has 0 amide bonds. The summed E-state index contributed by atoms with van der Waals surface area (Å²) in [5, 5.41) is 16.2. The van der Waals surface area contributed by atoms with Crippen LogP contribution in [-0.2, 0) is 0 Å². The van der Waals surface area contributed by atoms with Crippen molar-refractivity contribution in [1.29, 1.82) is 5.41 Å². The highest BCUT2D eigenvalue weighted by Gasteiger charge is 2.17. The smallest absolute Gasteiger partial charge is 0.194 e. The zero-order valence-corrected chi connectivity index (χ0v) is 6.02. The van der Waals surface area contributed by atoms with Crippen LogP contribution in [0.3, 0.4) is 0 Å². The number of halogens is 3. The normalized spacial score (nSPS) is 11.4. The highest BCUT2D eigenvalue weighted by molar-refractivity contribution is 6.68. The highest BCUT2D eigenvalue weighted by atomic mass is 35.6. The lowest BCUT2D eigenvalue weighted by molar-refractivity contribution is -0.220. The zero-order chi connectivity index (χ0) is 6.78. The summed E-state index contributed by atoms with van der Waals surface area (Å²) in [6.07, 6.45) is -0.350. The molecule has 0 spiro atoms. The minimum absolute atomic E-state index is 0.350. The maximum atomic E-state index is 9.87. The van der Waals surface area contributed by atoms with Gasteiger partial charge in [0.15, 0.2) is 3.79 Å². The van der Waals surface area contributed by atoms with Crippen LogP contribution >= 0.6 is 34.8 Å². The minimum Gasteiger partial charge on any atom is -0.862 e. The summed E-state index contributed by atoms with van der Waals surface area (Å²) < 4.78 is -1.60. The van der Waals surface area contributed by atoms with E-state index in [0.717, 1.165) is 0 Å². The molecule has 0 radical (unpaired) electrons. The molecule has 48 valence electrons. The molecular formula is C3H3Cl3NO-. The van der Waals surface area contributed by atoms with Gasteiger partial charge < -0.3 is 10.5 Å². The molecule has 0 bridgehead atoms. The van der Waals surface area contributed by atoms with Crippen molar-refractivity contribution in [3.8, 4) is 0 Å². The van der Waals surface area contributed by atoms with Crippen molar-refractivity contribution in [2.75, 3.05) is 0 Å². The standard InChI is InChI=1S/C3H4Cl3NO/c4-3(5,6)1-2(7)8/h1H2,(H2,7,8)/p-1. The lowest BCUT2D eigenvalue weighted by atomic mass is 10.5. The second-order valence-corrected chi connectivity index (χ2v) is 3.73. The Bertz CT molecular complexity index is 97.2. The van der Waals surface area contributed by atoms with Crippen LogP contribution in [-0.4, -0.2) is 9.69 Å². The van der Waals surface area contributed by atoms with Gasteiger partial charge in [0, 0.05) is 6.42 Å². The van der Waals surface area contributed by atoms with Gasteiger partial charge in [-0.25, -0.2) is 0 Å². The summed E-state index contributed by atoms with van der Waals surface area (Å²) in [6, 6.07) is 0. The van der Waals surface area contributed by atoms with Crippen LogP contribution in [0.4, 0.5) is 0 Å². The molecule has 0 aromatic rings. The fourth-order valence-electron chi connectivity index (χ4n) is 0.182. The van der Waals surface area contributed by atoms with Gasteiger partial charge in [-0.1, -0.05) is 34.8 Å². The quantitative estimate of drug-likeness (QED) is 0.362. The molecule has 0 rings (SSSR count). The Balaban J connectivity index is 3.55. The topological polar surface area (TPSA) is 46.9 Å². The van der Waals surface area contributed by atoms with Gasteiger partial charge >= 0.3 is 0 Å². The van der Waals surface area contributed by atoms with Gasteiger partial charge in [-0.3, -0.25) is 0 Å². The highest BCUT2D eigenvalue weighted by Crippen LogP contribution is 2.29. The van der Waals surface area contributed by atoms with Gasteiger partial charge in [0.05, 0.1) is 0 Å². The van der Waals surface area contributed by atoms with Crippen LogP contribution in [0.2, 0.25) is 0 Å². The van der Waals surface area contributed by atoms with Crippen molar-refractivity contribution in [3.63, 3.8) is 0 Å². The van der Waals surface area contributed by atoms with E-state index < -0.39 is 9.69 Å². The molecule has 1 N–H and O–H groups in total. The van der Waals surface area contributed by atoms with E-state index in [9.17, 15) is 5.11 Å². The van der Waals surface area contributed by atoms with E-state index in [4.69, 9.17) is 40.2 Å². The molecule has 0 unspecified atom stereocenters. The number of nitrogens with one attached hydrogen (secondary N) is 1. The Hall–Kier alpha value is 0.340. The number of rotatable bonds is 1. The van der Waals surface area contributed by atoms with E-state index in [0.29, 0.717) is 0 Å². The molecule has 0 saturated heterocycles. The predicted molar refractivity (Wildman–Crippen MR) is 32.6 cm³/mol. The largest absolute Gasteiger partial charge is 0.862 e. The summed E-state index contributed by atoms with van der Waals surface area (Å²) in [4.78, 5) is 0. The van der Waals surface area contributed by atoms with Gasteiger partial charge in [-0.15, -0.1) is 0 Å². The van der Waals surface area contributed by atoms with Crippen molar-refractivity contribution in [1.82, 2.24) is 0 Å². The van der Waals surface area contributed by atoms with Gasteiger partial charge in [0.1, 0.15) is 0 Å². The first kappa shape index (κ1) is 8.34. The van der Waals surface area contributed by atoms with Crippen molar-refractivity contribution in [2.24, 2.45) is 0 Å². The molecule has 8 heavy (non-hydrogen) atoms. The zero-order valence-electron chi connectivity index (χ0n) is 3.75. The first-order valence-corrected chi connectivity index (χ1v) is 2.86. The van der Waals surface area contributed by atoms with Crippen molar-refractivity contribution < 1.29 is 5.11 Å². The Morgan fingerprint density at radius 3 is 1.88 bits per heavy atom. The number of alkyl halides is 3. The average molecular weight is 175 g/mol. The average Bonchev–Trinajstić information content (AvgIpc) is 1.21. The molecule has 0 fully saturated rings. The Labute approximate surface area is 61.9 Å². The lowest BCUT2D eigenvalue weighted by Gasteiger charge is -2.13. The predicted octanol–water partition coefficient (Wildman–Crippen LogP) is 1.08. The molecule has 5 heteroatoms. The third-order valence-corrected chi connectivity index (χ3v) is 0.762. The van der Waals surface area contributed by atoms with Gasteiger partial charge in [0.2, 0.25) is 0 Å². The number of hydrogen-bond acceptors (Lipinski definition) is 2. The maximum absolute atomic E-state index is 9.87. The summed E-state index contributed by atoms with van der Waals surface area (Å²) in [7, 11) is 0. The number of hydrogen-bond donors (Lipinski definition) is 1. The third-order valence-electron chi connectivity index (χ3n) is 0.361. The van der Waals surface area contributed by atoms with Crippen molar-refractivity contribution in [2.45, 2.75) is 10.2 Å². The Morgan fingerprint density at radius 2 is 1.88 bits per heavy atom. The van der Waals surface area contributed by atoms with Gasteiger partial charge in [0.25, 0.3) is 0 Å². The lowest BCUT2D eigenvalue weighted by Crippen LogP contribution is -2.22. The van der Waals surface area contributed by atoms with Gasteiger partial charge in [-0.05, 0) is 5.90 Å². The van der Waals surface area contributed by atoms with Crippen LogP contribution in [0.1, 0.15) is 6.42 Å². The Morgan fingerprint density at radius 1 is 1.50 bits per heavy atom. The van der Waals surface area contributed by atoms with E-state index in [1.807, 2.05) is 0 Å². The monoisotopic (exact) mass is 174 g/mol. The summed E-state index contributed by atoms with van der Waals surface area (Å²) in [5.41, 5.74) is 0. The molecule has 0 atom stereocenters. The fraction of sp³-hybridized carbons (Fsp3) is 0.667. The molecule has 0 saturated carbocycles. The van der Waals surface area contributed by atoms with E-state index in [1.54, 1.807) is 0 Å². The molecule has 0 aromatic carbocycles. The van der Waals surface area contributed by atoms with E-state index in [2.05, 4.69) is 0 Å². The first-order valence-electron chi connectivity index (χ1n) is 1.73. The molecule has 0 aliphatic carbocycles. The molecule has 2 nitrogen and oxygen atoms in total. The van der Waals surface area contributed by atoms with Crippen LogP contribution in [0.5, 0.6) is 0 Å². The Kier molecular flexibility index (Phi) is 2.88. The van der Waals surface area contributed by atoms with Crippen LogP contribution < -0.4 is 5.11 Å². The SMILES string of the molecule is N=C([O-])CC(Cl)(Cl)Cl. The second kappa shape index (κ2) is 2.76. The van der Waals surface area contributed by atoms with E-state index in [1.165, 1.54) is 0 Å². The van der Waals surface area contributed by atoms with Crippen LogP contribution in [0.15, 0.2) is 0 Å². The van der Waals surface area contributed by atoms with E-state index in [-0.39, 0.29) is 6.42 Å². The molecule has 0 aromatic heterocycles. The fourth-order valence-corrected chi connectivity index (χ4v) is 0.546. The van der Waals surface area contributed by atoms with E-state index >= 15 is 0 Å². The van der Waals surface area contributed by atoms with Crippen molar-refractivity contribution in [3.05, 3.63) is 0 Å². The second-order valence-electron chi connectivity index (χ2n) is 1.22. The van der Waals surface area contributed by atoms with Crippen molar-refractivity contribution >= 4 is 40.7 Å². The van der Waals surface area contributed by atoms with Crippen LogP contribution in [0.25, 0.3) is 0 Å². The summed E-state index contributed by atoms with van der Waals surface area (Å²) in [5.74, 6) is -0.870. The summed E-state index contributed by atoms with van der Waals surface area (Å²) >= 11 is 15.4. The van der Waals surface area contributed by atoms with Gasteiger partial charge in [-0.2, -0.15) is 0 Å².